The maximum atomic E-state index is 12.6. The number of benzene rings is 1. The van der Waals surface area contributed by atoms with Crippen LogP contribution in [0.4, 0.5) is 0 Å². The molecule has 2 saturated carbocycles. The Hall–Kier alpha value is -0.000000000000000111. The fourth-order valence-corrected chi connectivity index (χ4v) is 6.31. The van der Waals surface area contributed by atoms with Crippen LogP contribution < -0.4 is 4.72 Å². The fraction of sp³-hybridized carbons (Fsp3) is 0.600. The second kappa shape index (κ2) is 6.14. The van der Waals surface area contributed by atoms with E-state index in [0.717, 1.165) is 12.3 Å². The van der Waals surface area contributed by atoms with Crippen molar-refractivity contribution in [3.63, 3.8) is 0 Å². The van der Waals surface area contributed by atoms with E-state index in [1.165, 1.54) is 31.4 Å². The van der Waals surface area contributed by atoms with Gasteiger partial charge in [-0.1, -0.05) is 41.2 Å². The van der Waals surface area contributed by atoms with Crippen molar-refractivity contribution in [2.24, 2.45) is 17.8 Å². The van der Waals surface area contributed by atoms with E-state index < -0.39 is 10.0 Å². The Bertz CT molecular complexity index is 692. The van der Waals surface area contributed by atoms with Gasteiger partial charge in [-0.3, -0.25) is 0 Å². The lowest BCUT2D eigenvalue weighted by Crippen LogP contribution is -2.40. The summed E-state index contributed by atoms with van der Waals surface area (Å²) >= 11 is 17.8. The monoisotopic (exact) mass is 381 g/mol. The zero-order chi connectivity index (χ0) is 16.1. The molecule has 0 radical (unpaired) electrons. The van der Waals surface area contributed by atoms with E-state index in [0.29, 0.717) is 11.8 Å². The molecule has 1 N–H and O–H groups in total. The van der Waals surface area contributed by atoms with Crippen LogP contribution in [0.3, 0.4) is 0 Å². The van der Waals surface area contributed by atoms with Crippen molar-refractivity contribution in [3.05, 3.63) is 27.2 Å². The predicted molar refractivity (Wildman–Crippen MR) is 90.2 cm³/mol. The van der Waals surface area contributed by atoms with Gasteiger partial charge in [0.05, 0.1) is 15.1 Å². The Kier molecular flexibility index (Phi) is 4.70. The predicted octanol–water partition coefficient (Wildman–Crippen LogP) is 4.75. The molecule has 0 amide bonds. The lowest BCUT2D eigenvalue weighted by Gasteiger charge is -2.28. The SMILES string of the molecule is CC(NS(=O)(=O)c1cc(Cl)c(Cl)cc1Cl)C1CC2CCC1C2. The number of sulfonamides is 1. The summed E-state index contributed by atoms with van der Waals surface area (Å²) in [5.74, 6) is 1.83. The average molecular weight is 383 g/mol. The van der Waals surface area contributed by atoms with Gasteiger partial charge >= 0.3 is 0 Å². The summed E-state index contributed by atoms with van der Waals surface area (Å²) in [4.78, 5) is -0.0152. The molecule has 4 atom stereocenters. The van der Waals surface area contributed by atoms with Gasteiger partial charge < -0.3 is 0 Å². The highest BCUT2D eigenvalue weighted by Gasteiger charge is 2.42. The van der Waals surface area contributed by atoms with E-state index in [2.05, 4.69) is 4.72 Å². The van der Waals surface area contributed by atoms with Gasteiger partial charge in [-0.15, -0.1) is 0 Å². The van der Waals surface area contributed by atoms with Crippen molar-refractivity contribution in [2.45, 2.75) is 43.5 Å². The summed E-state index contributed by atoms with van der Waals surface area (Å²) in [6.07, 6.45) is 4.86. The van der Waals surface area contributed by atoms with Crippen LogP contribution in [0.1, 0.15) is 32.6 Å². The summed E-state index contributed by atoms with van der Waals surface area (Å²) < 4.78 is 28.0. The van der Waals surface area contributed by atoms with Crippen molar-refractivity contribution in [1.29, 1.82) is 0 Å². The Balaban J connectivity index is 1.80. The van der Waals surface area contributed by atoms with E-state index in [9.17, 15) is 8.42 Å². The molecule has 0 saturated heterocycles. The Labute approximate surface area is 146 Å². The lowest BCUT2D eigenvalue weighted by molar-refractivity contribution is 0.280. The first-order chi connectivity index (χ1) is 10.3. The largest absolute Gasteiger partial charge is 0.242 e. The second-order valence-electron chi connectivity index (χ2n) is 6.45. The first kappa shape index (κ1) is 16.8. The molecule has 3 rings (SSSR count). The molecule has 1 aromatic carbocycles. The summed E-state index contributed by atoms with van der Waals surface area (Å²) in [5.41, 5.74) is 0. The maximum absolute atomic E-state index is 12.6. The molecule has 0 aromatic heterocycles. The number of fused-ring (bicyclic) bond motifs is 2. The minimum atomic E-state index is -3.71. The molecule has 2 fully saturated rings. The molecule has 3 nitrogen and oxygen atoms in total. The summed E-state index contributed by atoms with van der Waals surface area (Å²) in [5, 5.41) is 0.507. The number of halogens is 3. The number of rotatable bonds is 4. The molecule has 0 heterocycles. The first-order valence-corrected chi connectivity index (χ1v) is 10.1. The van der Waals surface area contributed by atoms with Crippen molar-refractivity contribution in [3.8, 4) is 0 Å². The standard InChI is InChI=1S/C15H18Cl3NO2S/c1-8(11-5-9-2-3-10(11)4-9)19-22(20,21)15-7-13(17)12(16)6-14(15)18/h6-11,19H,2-5H2,1H3. The summed E-state index contributed by atoms with van der Waals surface area (Å²) in [6, 6.07) is 2.57. The van der Waals surface area contributed by atoms with Crippen LogP contribution in [0.5, 0.6) is 0 Å². The van der Waals surface area contributed by atoms with Gasteiger partial charge in [-0.2, -0.15) is 0 Å². The number of hydrogen-bond donors (Lipinski definition) is 1. The molecular formula is C15H18Cl3NO2S. The summed E-state index contributed by atoms with van der Waals surface area (Å²) in [7, 11) is -3.71. The van der Waals surface area contributed by atoms with Crippen LogP contribution in [-0.4, -0.2) is 14.5 Å². The van der Waals surface area contributed by atoms with Gasteiger partial charge in [0, 0.05) is 6.04 Å². The second-order valence-corrected chi connectivity index (χ2v) is 9.35. The van der Waals surface area contributed by atoms with Crippen LogP contribution in [0.2, 0.25) is 15.1 Å². The first-order valence-electron chi connectivity index (χ1n) is 7.45. The van der Waals surface area contributed by atoms with Gasteiger partial charge in [-0.25, -0.2) is 13.1 Å². The van der Waals surface area contributed by atoms with Crippen LogP contribution in [0.15, 0.2) is 17.0 Å². The van der Waals surface area contributed by atoms with Gasteiger partial charge in [0.25, 0.3) is 0 Å². The molecular weight excluding hydrogens is 365 g/mol. The molecule has 122 valence electrons. The Morgan fingerprint density at radius 3 is 2.36 bits per heavy atom. The van der Waals surface area contributed by atoms with Crippen LogP contribution >= 0.6 is 34.8 Å². The van der Waals surface area contributed by atoms with E-state index in [1.807, 2.05) is 6.92 Å². The van der Waals surface area contributed by atoms with Crippen LogP contribution in [0, 0.1) is 17.8 Å². The normalized spacial score (nSPS) is 29.0. The molecule has 7 heteroatoms. The number of nitrogens with one attached hydrogen (secondary N) is 1. The Morgan fingerprint density at radius 2 is 1.77 bits per heavy atom. The molecule has 22 heavy (non-hydrogen) atoms. The highest BCUT2D eigenvalue weighted by atomic mass is 35.5. The van der Waals surface area contributed by atoms with Gasteiger partial charge in [0.1, 0.15) is 4.90 Å². The third-order valence-electron chi connectivity index (χ3n) is 5.04. The zero-order valence-corrected chi connectivity index (χ0v) is 15.2. The quantitative estimate of drug-likeness (QED) is 0.764. The average Bonchev–Trinajstić information content (AvgIpc) is 3.04. The van der Waals surface area contributed by atoms with Gasteiger partial charge in [-0.05, 0) is 56.1 Å². The van der Waals surface area contributed by atoms with E-state index >= 15 is 0 Å². The zero-order valence-electron chi connectivity index (χ0n) is 12.2. The lowest BCUT2D eigenvalue weighted by atomic mass is 9.84. The van der Waals surface area contributed by atoms with Crippen molar-refractivity contribution >= 4 is 44.8 Å². The minimum absolute atomic E-state index is 0.0152. The molecule has 4 unspecified atom stereocenters. The maximum Gasteiger partial charge on any atom is 0.242 e. The molecule has 2 aliphatic carbocycles. The number of hydrogen-bond acceptors (Lipinski definition) is 2. The minimum Gasteiger partial charge on any atom is -0.208 e. The topological polar surface area (TPSA) is 46.2 Å². The van der Waals surface area contributed by atoms with Crippen molar-refractivity contribution in [1.82, 2.24) is 4.72 Å². The van der Waals surface area contributed by atoms with Crippen molar-refractivity contribution < 1.29 is 8.42 Å². The van der Waals surface area contributed by atoms with E-state index in [4.69, 9.17) is 34.8 Å². The molecule has 0 spiro atoms. The van der Waals surface area contributed by atoms with Gasteiger partial charge in [0.2, 0.25) is 10.0 Å². The molecule has 2 bridgehead atoms. The van der Waals surface area contributed by atoms with E-state index in [1.54, 1.807) is 0 Å². The third-order valence-corrected chi connectivity index (χ3v) is 7.79. The highest BCUT2D eigenvalue weighted by molar-refractivity contribution is 7.89. The fourth-order valence-electron chi connectivity index (χ4n) is 4.01. The van der Waals surface area contributed by atoms with Crippen molar-refractivity contribution in [2.75, 3.05) is 0 Å². The molecule has 2 aliphatic rings. The van der Waals surface area contributed by atoms with Crippen LogP contribution in [-0.2, 0) is 10.0 Å². The third kappa shape index (κ3) is 3.13. The van der Waals surface area contributed by atoms with E-state index in [-0.39, 0.29) is 26.0 Å². The smallest absolute Gasteiger partial charge is 0.208 e. The van der Waals surface area contributed by atoms with Crippen LogP contribution in [0.25, 0.3) is 0 Å². The highest BCUT2D eigenvalue weighted by Crippen LogP contribution is 2.49. The molecule has 1 aromatic rings. The Morgan fingerprint density at radius 1 is 1.09 bits per heavy atom. The summed E-state index contributed by atoms with van der Waals surface area (Å²) in [6.45, 7) is 1.94. The van der Waals surface area contributed by atoms with Gasteiger partial charge in [0.15, 0.2) is 0 Å². The molecule has 0 aliphatic heterocycles.